The molecule has 150 valence electrons. The van der Waals surface area contributed by atoms with Crippen LogP contribution in [-0.2, 0) is 4.79 Å². The maximum atomic E-state index is 12.9. The molecule has 0 aliphatic rings. The predicted octanol–water partition coefficient (Wildman–Crippen LogP) is 4.13. The largest absolute Gasteiger partial charge is 0.495 e. The van der Waals surface area contributed by atoms with Crippen LogP contribution in [0.5, 0.6) is 5.75 Å². The highest BCUT2D eigenvalue weighted by molar-refractivity contribution is 5.95. The van der Waals surface area contributed by atoms with Gasteiger partial charge in [0.15, 0.2) is 0 Å². The number of ether oxygens (including phenoxy) is 1. The average molecular weight is 391 g/mol. The van der Waals surface area contributed by atoms with E-state index in [2.05, 4.69) is 10.4 Å². The van der Waals surface area contributed by atoms with Crippen molar-refractivity contribution >= 4 is 11.6 Å². The van der Waals surface area contributed by atoms with Crippen LogP contribution >= 0.6 is 0 Å². The number of benzene rings is 2. The molecule has 1 unspecified atom stereocenters. The Kier molecular flexibility index (Phi) is 6.12. The van der Waals surface area contributed by atoms with Crippen LogP contribution in [0, 0.1) is 13.8 Å². The van der Waals surface area contributed by atoms with E-state index in [4.69, 9.17) is 4.74 Å². The molecule has 0 bridgehead atoms. The van der Waals surface area contributed by atoms with Crippen LogP contribution in [0.2, 0.25) is 0 Å². The summed E-state index contributed by atoms with van der Waals surface area (Å²) in [5.74, 6) is 0.240. The quantitative estimate of drug-likeness (QED) is 0.686. The molecule has 0 radical (unpaired) electrons. The molecule has 0 fully saturated rings. The summed E-state index contributed by atoms with van der Waals surface area (Å²) in [6, 6.07) is 15.6. The van der Waals surface area contributed by atoms with E-state index in [1.165, 1.54) is 16.3 Å². The lowest BCUT2D eigenvalue weighted by atomic mass is 10.0. The second kappa shape index (κ2) is 8.73. The Morgan fingerprint density at radius 1 is 1.10 bits per heavy atom. The number of hydrogen-bond acceptors (Lipinski definition) is 4. The Labute approximate surface area is 170 Å². The molecule has 29 heavy (non-hydrogen) atoms. The minimum atomic E-state index is -0.737. The number of amides is 1. The standard InChI is InChI=1S/C23H25N3O3/c1-5-20(23(28)24-19-8-6-7-9-21(19)29-4)26-22(27)13-12-18(25-26)17-11-10-15(2)16(3)14-17/h6-14,20H,5H2,1-4H3,(H,24,28). The number of hydrogen-bond donors (Lipinski definition) is 1. The number of aromatic nitrogens is 2. The summed E-state index contributed by atoms with van der Waals surface area (Å²) < 4.78 is 6.55. The Hall–Kier alpha value is -3.41. The molecule has 0 aliphatic carbocycles. The van der Waals surface area contributed by atoms with Gasteiger partial charge >= 0.3 is 0 Å². The van der Waals surface area contributed by atoms with E-state index >= 15 is 0 Å². The van der Waals surface area contributed by atoms with Gasteiger partial charge in [-0.2, -0.15) is 5.10 Å². The number of nitrogens with zero attached hydrogens (tertiary/aromatic N) is 2. The molecular weight excluding hydrogens is 366 g/mol. The van der Waals surface area contributed by atoms with Gasteiger partial charge < -0.3 is 10.1 Å². The van der Waals surface area contributed by atoms with E-state index in [1.807, 2.05) is 51.1 Å². The molecule has 1 amide bonds. The van der Waals surface area contributed by atoms with Crippen LogP contribution in [-0.4, -0.2) is 22.8 Å². The minimum absolute atomic E-state index is 0.316. The molecule has 2 aromatic carbocycles. The molecule has 6 heteroatoms. The van der Waals surface area contributed by atoms with E-state index < -0.39 is 6.04 Å². The summed E-state index contributed by atoms with van der Waals surface area (Å²) >= 11 is 0. The lowest BCUT2D eigenvalue weighted by Crippen LogP contribution is -2.34. The van der Waals surface area contributed by atoms with E-state index in [0.717, 1.165) is 11.1 Å². The van der Waals surface area contributed by atoms with Crippen molar-refractivity contribution in [2.45, 2.75) is 33.2 Å². The zero-order valence-corrected chi connectivity index (χ0v) is 17.1. The lowest BCUT2D eigenvalue weighted by Gasteiger charge is -2.18. The summed E-state index contributed by atoms with van der Waals surface area (Å²) in [5.41, 5.74) is 4.11. The van der Waals surface area contributed by atoms with E-state index in [-0.39, 0.29) is 11.5 Å². The lowest BCUT2D eigenvalue weighted by molar-refractivity contribution is -0.119. The molecule has 1 heterocycles. The van der Waals surface area contributed by atoms with E-state index in [1.54, 1.807) is 25.3 Å². The SMILES string of the molecule is CCC(C(=O)Nc1ccccc1OC)n1nc(-c2ccc(C)c(C)c2)ccc1=O. The van der Waals surface area contributed by atoms with Crippen LogP contribution < -0.4 is 15.6 Å². The molecule has 0 saturated heterocycles. The second-order valence-corrected chi connectivity index (χ2v) is 6.91. The Morgan fingerprint density at radius 3 is 2.55 bits per heavy atom. The van der Waals surface area contributed by atoms with E-state index in [0.29, 0.717) is 23.6 Å². The van der Waals surface area contributed by atoms with Gasteiger partial charge in [0.2, 0.25) is 5.91 Å². The summed E-state index contributed by atoms with van der Waals surface area (Å²) in [4.78, 5) is 25.4. The molecule has 0 spiro atoms. The normalized spacial score (nSPS) is 11.7. The fraction of sp³-hybridized carbons (Fsp3) is 0.261. The van der Waals surface area contributed by atoms with Crippen molar-refractivity contribution in [3.63, 3.8) is 0 Å². The number of carbonyl (C=O) groups excluding carboxylic acids is 1. The van der Waals surface area contributed by atoms with Crippen molar-refractivity contribution in [1.29, 1.82) is 0 Å². The summed E-state index contributed by atoms with van der Waals surface area (Å²) in [7, 11) is 1.54. The van der Waals surface area contributed by atoms with Gasteiger partial charge in [-0.25, -0.2) is 4.68 Å². The van der Waals surface area contributed by atoms with Gasteiger partial charge in [-0.3, -0.25) is 9.59 Å². The zero-order chi connectivity index (χ0) is 21.0. The molecule has 1 atom stereocenters. The number of anilines is 1. The first kappa shape index (κ1) is 20.3. The maximum absolute atomic E-state index is 12.9. The van der Waals surface area contributed by atoms with Crippen molar-refractivity contribution in [3.05, 3.63) is 76.1 Å². The smallest absolute Gasteiger partial charge is 0.267 e. The number of rotatable bonds is 6. The third-order valence-electron chi connectivity index (χ3n) is 4.98. The van der Waals surface area contributed by atoms with Crippen molar-refractivity contribution < 1.29 is 9.53 Å². The number of para-hydroxylation sites is 2. The highest BCUT2D eigenvalue weighted by atomic mass is 16.5. The van der Waals surface area contributed by atoms with Gasteiger partial charge in [-0.15, -0.1) is 0 Å². The fourth-order valence-electron chi connectivity index (χ4n) is 3.14. The first-order valence-electron chi connectivity index (χ1n) is 9.56. The van der Waals surface area contributed by atoms with Crippen molar-refractivity contribution in [2.24, 2.45) is 0 Å². The van der Waals surface area contributed by atoms with Gasteiger partial charge in [0, 0.05) is 11.6 Å². The Bertz CT molecular complexity index is 1090. The topological polar surface area (TPSA) is 73.2 Å². The van der Waals surface area contributed by atoms with Gasteiger partial charge in [0.1, 0.15) is 11.8 Å². The average Bonchev–Trinajstić information content (AvgIpc) is 2.72. The monoisotopic (exact) mass is 391 g/mol. The molecule has 1 aromatic heterocycles. The Morgan fingerprint density at radius 2 is 1.86 bits per heavy atom. The highest BCUT2D eigenvalue weighted by Gasteiger charge is 2.22. The minimum Gasteiger partial charge on any atom is -0.495 e. The van der Waals surface area contributed by atoms with Crippen LogP contribution in [0.4, 0.5) is 5.69 Å². The van der Waals surface area contributed by atoms with Gasteiger partial charge in [-0.1, -0.05) is 31.2 Å². The highest BCUT2D eigenvalue weighted by Crippen LogP contribution is 2.25. The van der Waals surface area contributed by atoms with Gasteiger partial charge in [0.05, 0.1) is 18.5 Å². The number of carbonyl (C=O) groups is 1. The van der Waals surface area contributed by atoms with Crippen LogP contribution in [0.1, 0.15) is 30.5 Å². The van der Waals surface area contributed by atoms with Gasteiger partial charge in [-0.05, 0) is 55.7 Å². The Balaban J connectivity index is 1.95. The predicted molar refractivity (Wildman–Crippen MR) is 114 cm³/mol. The van der Waals surface area contributed by atoms with Crippen LogP contribution in [0.15, 0.2) is 59.4 Å². The summed E-state index contributed by atoms with van der Waals surface area (Å²) in [6.07, 6.45) is 0.421. The maximum Gasteiger partial charge on any atom is 0.267 e. The zero-order valence-electron chi connectivity index (χ0n) is 17.1. The molecule has 3 rings (SSSR count). The molecule has 3 aromatic rings. The molecular formula is C23H25N3O3. The van der Waals surface area contributed by atoms with Crippen molar-refractivity contribution in [3.8, 4) is 17.0 Å². The van der Waals surface area contributed by atoms with Crippen molar-refractivity contribution in [2.75, 3.05) is 12.4 Å². The van der Waals surface area contributed by atoms with Crippen LogP contribution in [0.3, 0.4) is 0 Å². The third-order valence-corrected chi connectivity index (χ3v) is 4.98. The first-order chi connectivity index (χ1) is 13.9. The van der Waals surface area contributed by atoms with Crippen molar-refractivity contribution in [1.82, 2.24) is 9.78 Å². The summed E-state index contributed by atoms with van der Waals surface area (Å²) in [5, 5.41) is 7.35. The third kappa shape index (κ3) is 4.37. The second-order valence-electron chi connectivity index (χ2n) is 6.91. The number of nitrogens with one attached hydrogen (secondary N) is 1. The summed E-state index contributed by atoms with van der Waals surface area (Å²) in [6.45, 7) is 5.93. The number of methoxy groups -OCH3 is 1. The first-order valence-corrected chi connectivity index (χ1v) is 9.56. The van der Waals surface area contributed by atoms with Crippen LogP contribution in [0.25, 0.3) is 11.3 Å². The molecule has 0 aliphatic heterocycles. The molecule has 1 N–H and O–H groups in total. The molecule has 0 saturated carbocycles. The number of aryl methyl sites for hydroxylation is 2. The fourth-order valence-corrected chi connectivity index (χ4v) is 3.14. The van der Waals surface area contributed by atoms with Gasteiger partial charge in [0.25, 0.3) is 5.56 Å². The van der Waals surface area contributed by atoms with E-state index in [9.17, 15) is 9.59 Å². The molecule has 6 nitrogen and oxygen atoms in total.